The summed E-state index contributed by atoms with van der Waals surface area (Å²) < 4.78 is 31.9. The molecule has 5 nitrogen and oxygen atoms in total. The normalized spacial score (nSPS) is 13.1. The SMILES string of the molecule is CCCC(CC)NS(=O)(=O)CCOc1ccc(N)cc1. The molecule has 20 heavy (non-hydrogen) atoms. The fourth-order valence-corrected chi connectivity index (χ4v) is 3.05. The highest BCUT2D eigenvalue weighted by Crippen LogP contribution is 2.13. The summed E-state index contributed by atoms with van der Waals surface area (Å²) in [6, 6.07) is 6.90. The van der Waals surface area contributed by atoms with Gasteiger partial charge in [0, 0.05) is 11.7 Å². The zero-order valence-corrected chi connectivity index (χ0v) is 12.9. The lowest BCUT2D eigenvalue weighted by Gasteiger charge is -2.16. The van der Waals surface area contributed by atoms with Gasteiger partial charge >= 0.3 is 0 Å². The summed E-state index contributed by atoms with van der Waals surface area (Å²) in [5, 5.41) is 0. The van der Waals surface area contributed by atoms with E-state index in [2.05, 4.69) is 4.72 Å². The van der Waals surface area contributed by atoms with E-state index in [4.69, 9.17) is 10.5 Å². The van der Waals surface area contributed by atoms with Gasteiger partial charge in [-0.25, -0.2) is 13.1 Å². The first-order valence-electron chi connectivity index (χ1n) is 6.95. The molecular formula is C14H24N2O3S. The van der Waals surface area contributed by atoms with Crippen LogP contribution in [0.1, 0.15) is 33.1 Å². The number of nitrogen functional groups attached to an aromatic ring is 1. The van der Waals surface area contributed by atoms with Gasteiger partial charge in [-0.3, -0.25) is 0 Å². The Labute approximate surface area is 121 Å². The minimum absolute atomic E-state index is 0.0153. The Morgan fingerprint density at radius 3 is 2.45 bits per heavy atom. The molecule has 1 atom stereocenters. The molecule has 0 heterocycles. The summed E-state index contributed by atoms with van der Waals surface area (Å²) in [6.07, 6.45) is 2.61. The second kappa shape index (κ2) is 8.11. The van der Waals surface area contributed by atoms with Gasteiger partial charge in [-0.15, -0.1) is 0 Å². The van der Waals surface area contributed by atoms with Gasteiger partial charge in [0.05, 0.1) is 5.75 Å². The summed E-state index contributed by atoms with van der Waals surface area (Å²) >= 11 is 0. The van der Waals surface area contributed by atoms with Crippen molar-refractivity contribution in [2.24, 2.45) is 0 Å². The van der Waals surface area contributed by atoms with Crippen molar-refractivity contribution in [1.29, 1.82) is 0 Å². The summed E-state index contributed by atoms with van der Waals surface area (Å²) in [5.74, 6) is 0.576. The van der Waals surface area contributed by atoms with Gasteiger partial charge < -0.3 is 10.5 Å². The number of rotatable bonds is 9. The van der Waals surface area contributed by atoms with E-state index < -0.39 is 10.0 Å². The highest BCUT2D eigenvalue weighted by Gasteiger charge is 2.15. The largest absolute Gasteiger partial charge is 0.492 e. The molecule has 3 N–H and O–H groups in total. The number of benzene rings is 1. The number of ether oxygens (including phenoxy) is 1. The van der Waals surface area contributed by atoms with Crippen LogP contribution in [-0.2, 0) is 10.0 Å². The van der Waals surface area contributed by atoms with Crippen LogP contribution in [0, 0.1) is 0 Å². The van der Waals surface area contributed by atoms with E-state index in [9.17, 15) is 8.42 Å². The molecule has 0 fully saturated rings. The van der Waals surface area contributed by atoms with E-state index in [0.717, 1.165) is 19.3 Å². The van der Waals surface area contributed by atoms with Gasteiger partial charge in [0.15, 0.2) is 0 Å². The van der Waals surface area contributed by atoms with Crippen molar-refractivity contribution in [2.45, 2.75) is 39.2 Å². The first kappa shape index (κ1) is 16.8. The molecule has 0 spiro atoms. The molecule has 0 aliphatic rings. The van der Waals surface area contributed by atoms with Crippen molar-refractivity contribution in [1.82, 2.24) is 4.72 Å². The summed E-state index contributed by atoms with van der Waals surface area (Å²) in [5.41, 5.74) is 6.21. The van der Waals surface area contributed by atoms with Crippen LogP contribution in [-0.4, -0.2) is 26.8 Å². The van der Waals surface area contributed by atoms with E-state index in [1.807, 2.05) is 13.8 Å². The lowest BCUT2D eigenvalue weighted by atomic mass is 10.1. The molecule has 1 aromatic rings. The zero-order chi connectivity index (χ0) is 15.0. The van der Waals surface area contributed by atoms with Crippen LogP contribution in [0.4, 0.5) is 5.69 Å². The van der Waals surface area contributed by atoms with Crippen molar-refractivity contribution < 1.29 is 13.2 Å². The minimum Gasteiger partial charge on any atom is -0.492 e. The van der Waals surface area contributed by atoms with Crippen LogP contribution in [0.15, 0.2) is 24.3 Å². The van der Waals surface area contributed by atoms with E-state index in [-0.39, 0.29) is 18.4 Å². The fourth-order valence-electron chi connectivity index (χ4n) is 1.84. The third-order valence-electron chi connectivity index (χ3n) is 2.98. The molecule has 0 saturated carbocycles. The highest BCUT2D eigenvalue weighted by molar-refractivity contribution is 7.89. The summed E-state index contributed by atoms with van der Waals surface area (Å²) in [7, 11) is -3.29. The Bertz CT molecular complexity index is 486. The summed E-state index contributed by atoms with van der Waals surface area (Å²) in [6.45, 7) is 4.15. The fraction of sp³-hybridized carbons (Fsp3) is 0.571. The molecule has 0 bridgehead atoms. The van der Waals surface area contributed by atoms with Crippen LogP contribution in [0.3, 0.4) is 0 Å². The highest BCUT2D eigenvalue weighted by atomic mass is 32.2. The van der Waals surface area contributed by atoms with E-state index in [1.165, 1.54) is 0 Å². The second-order valence-electron chi connectivity index (χ2n) is 4.75. The molecule has 1 aromatic carbocycles. The Morgan fingerprint density at radius 2 is 1.90 bits per heavy atom. The van der Waals surface area contributed by atoms with Gasteiger partial charge in [0.25, 0.3) is 0 Å². The molecule has 1 unspecified atom stereocenters. The van der Waals surface area contributed by atoms with Crippen LogP contribution in [0.25, 0.3) is 0 Å². The second-order valence-corrected chi connectivity index (χ2v) is 6.62. The smallest absolute Gasteiger partial charge is 0.215 e. The summed E-state index contributed by atoms with van der Waals surface area (Å²) in [4.78, 5) is 0. The molecule has 0 aliphatic heterocycles. The van der Waals surface area contributed by atoms with Crippen LogP contribution in [0.5, 0.6) is 5.75 Å². The minimum atomic E-state index is -3.29. The number of anilines is 1. The number of hydrogen-bond acceptors (Lipinski definition) is 4. The average molecular weight is 300 g/mol. The molecule has 0 saturated heterocycles. The maximum Gasteiger partial charge on any atom is 0.215 e. The van der Waals surface area contributed by atoms with E-state index in [0.29, 0.717) is 11.4 Å². The molecule has 1 rings (SSSR count). The average Bonchev–Trinajstić information content (AvgIpc) is 2.40. The Hall–Kier alpha value is -1.27. The molecular weight excluding hydrogens is 276 g/mol. The number of nitrogens with two attached hydrogens (primary N) is 1. The third kappa shape index (κ3) is 6.25. The predicted octanol–water partition coefficient (Wildman–Crippen LogP) is 2.15. The zero-order valence-electron chi connectivity index (χ0n) is 12.1. The Balaban J connectivity index is 2.41. The van der Waals surface area contributed by atoms with Crippen molar-refractivity contribution in [3.63, 3.8) is 0 Å². The Morgan fingerprint density at radius 1 is 1.25 bits per heavy atom. The maximum atomic E-state index is 11.9. The van der Waals surface area contributed by atoms with Crippen molar-refractivity contribution in [2.75, 3.05) is 18.1 Å². The molecule has 114 valence electrons. The van der Waals surface area contributed by atoms with Crippen LogP contribution in [0.2, 0.25) is 0 Å². The standard InChI is InChI=1S/C14H24N2O3S/c1-3-5-13(4-2)16-20(17,18)11-10-19-14-8-6-12(15)7-9-14/h6-9,13,16H,3-5,10-11,15H2,1-2H3. The third-order valence-corrected chi connectivity index (χ3v) is 4.37. The molecule has 0 aromatic heterocycles. The lowest BCUT2D eigenvalue weighted by Crippen LogP contribution is -2.37. The molecule has 0 aliphatic carbocycles. The van der Waals surface area contributed by atoms with Gasteiger partial charge in [0.1, 0.15) is 12.4 Å². The van der Waals surface area contributed by atoms with Crippen LogP contribution < -0.4 is 15.2 Å². The lowest BCUT2D eigenvalue weighted by molar-refractivity contribution is 0.340. The van der Waals surface area contributed by atoms with Gasteiger partial charge in [0.2, 0.25) is 10.0 Å². The van der Waals surface area contributed by atoms with Gasteiger partial charge in [-0.05, 0) is 37.1 Å². The topological polar surface area (TPSA) is 81.4 Å². The molecule has 0 radical (unpaired) electrons. The van der Waals surface area contributed by atoms with E-state index in [1.54, 1.807) is 24.3 Å². The van der Waals surface area contributed by atoms with Crippen molar-refractivity contribution in [3.05, 3.63) is 24.3 Å². The quantitative estimate of drug-likeness (QED) is 0.685. The molecule has 6 heteroatoms. The first-order chi connectivity index (χ1) is 9.46. The number of sulfonamides is 1. The Kier molecular flexibility index (Phi) is 6.81. The van der Waals surface area contributed by atoms with E-state index >= 15 is 0 Å². The predicted molar refractivity (Wildman–Crippen MR) is 82.3 cm³/mol. The number of hydrogen-bond donors (Lipinski definition) is 2. The first-order valence-corrected chi connectivity index (χ1v) is 8.60. The van der Waals surface area contributed by atoms with Crippen LogP contribution >= 0.6 is 0 Å². The van der Waals surface area contributed by atoms with Gasteiger partial charge in [-0.2, -0.15) is 0 Å². The molecule has 0 amide bonds. The number of nitrogens with one attached hydrogen (secondary N) is 1. The monoisotopic (exact) mass is 300 g/mol. The van der Waals surface area contributed by atoms with Crippen molar-refractivity contribution in [3.8, 4) is 5.75 Å². The van der Waals surface area contributed by atoms with Crippen molar-refractivity contribution >= 4 is 15.7 Å². The van der Waals surface area contributed by atoms with Gasteiger partial charge in [-0.1, -0.05) is 20.3 Å². The maximum absolute atomic E-state index is 11.9.